The normalized spacial score (nSPS) is 12.2. The summed E-state index contributed by atoms with van der Waals surface area (Å²) in [5, 5.41) is 4.83. The van der Waals surface area contributed by atoms with Crippen LogP contribution in [-0.2, 0) is 14.8 Å². The quantitative estimate of drug-likeness (QED) is 0.291. The van der Waals surface area contributed by atoms with Gasteiger partial charge in [-0.15, -0.1) is 0 Å². The Morgan fingerprint density at radius 3 is 2.21 bits per heavy atom. The van der Waals surface area contributed by atoms with Crippen molar-refractivity contribution in [2.75, 3.05) is 5.32 Å². The van der Waals surface area contributed by atoms with Crippen LogP contribution in [0.3, 0.4) is 0 Å². The molecule has 0 aliphatic carbocycles. The summed E-state index contributed by atoms with van der Waals surface area (Å²) in [6.07, 6.45) is 1.65. The second-order valence-electron chi connectivity index (χ2n) is 8.56. The van der Waals surface area contributed by atoms with E-state index in [4.69, 9.17) is 11.6 Å². The van der Waals surface area contributed by atoms with Gasteiger partial charge in [0.15, 0.2) is 0 Å². The van der Waals surface area contributed by atoms with Gasteiger partial charge in [-0.3, -0.25) is 14.2 Å². The Morgan fingerprint density at radius 1 is 0.789 bits per heavy atom. The van der Waals surface area contributed by atoms with Crippen LogP contribution in [0.5, 0.6) is 0 Å². The van der Waals surface area contributed by atoms with Gasteiger partial charge in [-0.25, -0.2) is 8.42 Å². The van der Waals surface area contributed by atoms with Gasteiger partial charge in [-0.1, -0.05) is 60.1 Å². The van der Waals surface area contributed by atoms with Crippen LogP contribution >= 0.6 is 11.6 Å². The maximum absolute atomic E-state index is 13.4. The molecule has 1 aromatic heterocycles. The summed E-state index contributed by atoms with van der Waals surface area (Å²) in [6, 6.07) is 28.8. The maximum atomic E-state index is 13.4. The van der Waals surface area contributed by atoms with Crippen molar-refractivity contribution in [1.82, 2.24) is 9.29 Å². The van der Waals surface area contributed by atoms with Crippen LogP contribution in [0.15, 0.2) is 125 Å². The number of pyridine rings is 1. The molecule has 0 radical (unpaired) electrons. The Bertz CT molecular complexity index is 1790. The zero-order chi connectivity index (χ0) is 26.7. The van der Waals surface area contributed by atoms with E-state index < -0.39 is 22.0 Å². The van der Waals surface area contributed by atoms with Crippen LogP contribution in [-0.4, -0.2) is 18.9 Å². The molecule has 7 nitrogen and oxygen atoms in total. The second kappa shape index (κ2) is 10.6. The first-order chi connectivity index (χ1) is 18.3. The van der Waals surface area contributed by atoms with Gasteiger partial charge >= 0.3 is 0 Å². The average molecular weight is 544 g/mol. The Hall–Kier alpha value is -4.24. The van der Waals surface area contributed by atoms with Crippen molar-refractivity contribution in [3.63, 3.8) is 0 Å². The molecule has 0 saturated heterocycles. The van der Waals surface area contributed by atoms with Gasteiger partial charge in [0.25, 0.3) is 5.56 Å². The molecule has 0 saturated carbocycles. The third-order valence-electron chi connectivity index (χ3n) is 5.99. The smallest absolute Gasteiger partial charge is 0.255 e. The fourth-order valence-corrected chi connectivity index (χ4v) is 5.46. The fraction of sp³-hybridized carbons (Fsp3) is 0.0345. The molecule has 4 aromatic carbocycles. The minimum atomic E-state index is -4.08. The lowest BCUT2D eigenvalue weighted by atomic mass is 10.1. The average Bonchev–Trinajstić information content (AvgIpc) is 2.92. The van der Waals surface area contributed by atoms with Gasteiger partial charge in [-0.2, -0.15) is 4.72 Å². The van der Waals surface area contributed by atoms with E-state index in [0.29, 0.717) is 27.3 Å². The number of amides is 1. The summed E-state index contributed by atoms with van der Waals surface area (Å²) in [4.78, 5) is 25.5. The Balaban J connectivity index is 1.41. The van der Waals surface area contributed by atoms with Crippen LogP contribution in [0.2, 0.25) is 5.02 Å². The van der Waals surface area contributed by atoms with Crippen molar-refractivity contribution in [3.05, 3.63) is 136 Å². The van der Waals surface area contributed by atoms with E-state index in [1.165, 1.54) is 22.8 Å². The Labute approximate surface area is 224 Å². The molecule has 0 aliphatic heterocycles. The first-order valence-electron chi connectivity index (χ1n) is 11.7. The summed E-state index contributed by atoms with van der Waals surface area (Å²) < 4.78 is 30.8. The maximum Gasteiger partial charge on any atom is 0.255 e. The third kappa shape index (κ3) is 5.52. The van der Waals surface area contributed by atoms with Crippen molar-refractivity contribution >= 4 is 44.0 Å². The minimum Gasteiger partial charge on any atom is -0.324 e. The lowest BCUT2D eigenvalue weighted by Gasteiger charge is -2.19. The van der Waals surface area contributed by atoms with Gasteiger partial charge in [0.1, 0.15) is 6.04 Å². The number of nitrogens with one attached hydrogen (secondary N) is 2. The molecule has 1 atom stereocenters. The molecule has 1 amide bonds. The van der Waals surface area contributed by atoms with E-state index in [1.54, 1.807) is 97.2 Å². The van der Waals surface area contributed by atoms with Gasteiger partial charge in [0, 0.05) is 28.7 Å². The molecular formula is C29H22ClN3O4S. The van der Waals surface area contributed by atoms with Gasteiger partial charge < -0.3 is 5.32 Å². The summed E-state index contributed by atoms with van der Waals surface area (Å²) in [5.41, 5.74) is 1.38. The number of carbonyl (C=O) groups is 1. The molecular weight excluding hydrogens is 522 g/mol. The number of hydrogen-bond donors (Lipinski definition) is 2. The van der Waals surface area contributed by atoms with Crippen LogP contribution in [0, 0.1) is 0 Å². The van der Waals surface area contributed by atoms with Crippen LogP contribution in [0.1, 0.15) is 11.6 Å². The fourth-order valence-electron chi connectivity index (χ4n) is 4.06. The minimum absolute atomic E-state index is 0.0266. The number of carbonyl (C=O) groups excluding carboxylic acids is 1. The molecule has 0 fully saturated rings. The lowest BCUT2D eigenvalue weighted by Crippen LogP contribution is -2.37. The molecule has 38 heavy (non-hydrogen) atoms. The third-order valence-corrected chi connectivity index (χ3v) is 7.64. The van der Waals surface area contributed by atoms with Crippen molar-refractivity contribution < 1.29 is 13.2 Å². The number of nitrogens with zero attached hydrogens (tertiary/aromatic N) is 1. The van der Waals surface area contributed by atoms with Crippen molar-refractivity contribution in [3.8, 4) is 5.69 Å². The predicted octanol–water partition coefficient (Wildman–Crippen LogP) is 5.30. The van der Waals surface area contributed by atoms with E-state index in [1.807, 2.05) is 0 Å². The Morgan fingerprint density at radius 2 is 1.47 bits per heavy atom. The zero-order valence-electron chi connectivity index (χ0n) is 19.9. The zero-order valence-corrected chi connectivity index (χ0v) is 21.5. The van der Waals surface area contributed by atoms with Crippen LogP contribution < -0.4 is 15.6 Å². The monoisotopic (exact) mass is 543 g/mol. The van der Waals surface area contributed by atoms with E-state index in [9.17, 15) is 18.0 Å². The number of fused-ring (bicyclic) bond motifs is 1. The number of hydrogen-bond acceptors (Lipinski definition) is 4. The highest BCUT2D eigenvalue weighted by molar-refractivity contribution is 7.89. The molecule has 0 bridgehead atoms. The van der Waals surface area contributed by atoms with E-state index in [-0.39, 0.29) is 10.5 Å². The van der Waals surface area contributed by atoms with Crippen LogP contribution in [0.25, 0.3) is 16.5 Å². The predicted molar refractivity (Wildman–Crippen MR) is 149 cm³/mol. The first kappa shape index (κ1) is 25.4. The largest absolute Gasteiger partial charge is 0.324 e. The summed E-state index contributed by atoms with van der Waals surface area (Å²) in [5.74, 6) is -0.558. The molecule has 0 aliphatic rings. The number of sulfonamides is 1. The van der Waals surface area contributed by atoms with E-state index in [0.717, 1.165) is 5.39 Å². The molecule has 5 aromatic rings. The second-order valence-corrected chi connectivity index (χ2v) is 10.7. The molecule has 0 spiro atoms. The number of rotatable bonds is 7. The molecule has 9 heteroatoms. The molecule has 190 valence electrons. The van der Waals surface area contributed by atoms with Gasteiger partial charge in [0.2, 0.25) is 15.9 Å². The summed E-state index contributed by atoms with van der Waals surface area (Å²) in [6.45, 7) is 0. The van der Waals surface area contributed by atoms with Crippen molar-refractivity contribution in [1.29, 1.82) is 0 Å². The SMILES string of the molecule is O=C(Nc1ccc(-n2ccccc2=O)cc1)[C@H](NS(=O)(=O)c1ccc2cc(Cl)ccc2c1)c1ccccc1. The van der Waals surface area contributed by atoms with E-state index >= 15 is 0 Å². The highest BCUT2D eigenvalue weighted by Gasteiger charge is 2.27. The van der Waals surface area contributed by atoms with Gasteiger partial charge in [0.05, 0.1) is 4.90 Å². The number of halogens is 1. The number of anilines is 1. The van der Waals surface area contributed by atoms with Gasteiger partial charge in [-0.05, 0) is 70.9 Å². The van der Waals surface area contributed by atoms with Crippen molar-refractivity contribution in [2.45, 2.75) is 10.9 Å². The summed E-state index contributed by atoms with van der Waals surface area (Å²) >= 11 is 6.04. The molecule has 5 rings (SSSR count). The summed E-state index contributed by atoms with van der Waals surface area (Å²) in [7, 11) is -4.08. The van der Waals surface area contributed by atoms with E-state index in [2.05, 4.69) is 10.0 Å². The first-order valence-corrected chi connectivity index (χ1v) is 13.5. The topological polar surface area (TPSA) is 97.3 Å². The molecule has 0 unspecified atom stereocenters. The number of benzene rings is 4. The lowest BCUT2D eigenvalue weighted by molar-refractivity contribution is -0.117. The van der Waals surface area contributed by atoms with Crippen molar-refractivity contribution in [2.24, 2.45) is 0 Å². The number of aromatic nitrogens is 1. The van der Waals surface area contributed by atoms with Crippen LogP contribution in [0.4, 0.5) is 5.69 Å². The Kier molecular flexibility index (Phi) is 7.11. The highest BCUT2D eigenvalue weighted by atomic mass is 35.5. The molecule has 1 heterocycles. The molecule has 2 N–H and O–H groups in total. The highest BCUT2D eigenvalue weighted by Crippen LogP contribution is 2.25. The standard InChI is InChI=1S/C29H22ClN3O4S/c30-23-11-9-22-19-26(16-10-21(22)18-23)38(36,37)32-28(20-6-2-1-3-7-20)29(35)31-24-12-14-25(15-13-24)33-17-5-4-8-27(33)34/h1-19,28,32H,(H,31,35)/t28-/m1/s1.